The first-order valence-corrected chi connectivity index (χ1v) is 16.1. The number of aromatic nitrogens is 2. The molecule has 3 atom stereocenters. The highest BCUT2D eigenvalue weighted by molar-refractivity contribution is 7.85. The third kappa shape index (κ3) is 7.23. The molecule has 40 heavy (non-hydrogen) atoms. The van der Waals surface area contributed by atoms with Crippen molar-refractivity contribution in [3.8, 4) is 6.07 Å². The maximum absolute atomic E-state index is 12.9. The number of piperidine rings is 1. The minimum Gasteiger partial charge on any atom is -0.367 e. The molecule has 2 aromatic heterocycles. The Labute approximate surface area is 236 Å². The van der Waals surface area contributed by atoms with E-state index in [0.29, 0.717) is 34.2 Å². The molecule has 0 amide bonds. The number of alkyl halides is 3. The molecule has 4 heterocycles. The van der Waals surface area contributed by atoms with Gasteiger partial charge in [-0.2, -0.15) is 26.9 Å². The smallest absolute Gasteiger partial charge is 0.367 e. The van der Waals surface area contributed by atoms with E-state index < -0.39 is 22.7 Å². The van der Waals surface area contributed by atoms with E-state index in [1.807, 2.05) is 11.0 Å². The van der Waals surface area contributed by atoms with Gasteiger partial charge in [-0.25, -0.2) is 9.97 Å². The van der Waals surface area contributed by atoms with Gasteiger partial charge in [-0.1, -0.05) is 0 Å². The summed E-state index contributed by atoms with van der Waals surface area (Å²) in [6.45, 7) is 3.26. The maximum atomic E-state index is 12.9. The van der Waals surface area contributed by atoms with E-state index in [9.17, 15) is 26.9 Å². The zero-order chi connectivity index (χ0) is 28.5. The second kappa shape index (κ2) is 11.8. The van der Waals surface area contributed by atoms with Crippen LogP contribution in [0.15, 0.2) is 24.2 Å². The van der Waals surface area contributed by atoms with Gasteiger partial charge in [0.15, 0.2) is 0 Å². The van der Waals surface area contributed by atoms with Crippen molar-refractivity contribution in [2.75, 3.05) is 44.4 Å². The summed E-state index contributed by atoms with van der Waals surface area (Å²) in [4.78, 5) is 13.8. The lowest BCUT2D eigenvalue weighted by molar-refractivity contribution is -0.126. The maximum Gasteiger partial charge on any atom is 0.393 e. The molecule has 3 aliphatic rings. The molecule has 0 bridgehead atoms. The Morgan fingerprint density at radius 2 is 2.00 bits per heavy atom. The fraction of sp³-hybridized carbons (Fsp3) is 0.654. The number of nitrogens with one attached hydrogen (secondary N) is 1. The highest BCUT2D eigenvalue weighted by Gasteiger charge is 2.39. The van der Waals surface area contributed by atoms with Gasteiger partial charge in [-0.05, 0) is 50.2 Å². The molecule has 218 valence electrons. The van der Waals surface area contributed by atoms with Gasteiger partial charge in [0.05, 0.1) is 24.7 Å². The molecule has 2 fully saturated rings. The molecular formula is C26H33F3N6O3S2. The van der Waals surface area contributed by atoms with Crippen LogP contribution in [0.2, 0.25) is 0 Å². The van der Waals surface area contributed by atoms with Gasteiger partial charge in [0.25, 0.3) is 10.1 Å². The minimum atomic E-state index is -4.26. The Bertz CT molecular complexity index is 1380. The predicted octanol–water partition coefficient (Wildman–Crippen LogP) is 4.16. The van der Waals surface area contributed by atoms with Crippen LogP contribution in [0.25, 0.3) is 10.2 Å². The molecule has 2 aliphatic heterocycles. The summed E-state index contributed by atoms with van der Waals surface area (Å²) < 4.78 is 66.1. The van der Waals surface area contributed by atoms with Crippen LogP contribution in [-0.2, 0) is 20.7 Å². The van der Waals surface area contributed by atoms with Gasteiger partial charge in [-0.3, -0.25) is 4.18 Å². The largest absolute Gasteiger partial charge is 0.393 e. The molecule has 3 unspecified atom stereocenters. The number of allylic oxidation sites excluding steroid dienone is 1. The van der Waals surface area contributed by atoms with E-state index in [1.54, 1.807) is 6.07 Å². The number of anilines is 1. The number of halogens is 3. The number of hydrogen-bond donors (Lipinski definition) is 1. The zero-order valence-corrected chi connectivity index (χ0v) is 23.9. The average Bonchev–Trinajstić information content (AvgIpc) is 3.44. The molecule has 1 saturated heterocycles. The molecule has 2 aromatic rings. The molecule has 0 aromatic carbocycles. The number of hydrogen-bond acceptors (Lipinski definition) is 10. The molecule has 0 radical (unpaired) electrons. The summed E-state index contributed by atoms with van der Waals surface area (Å²) in [5.74, 6) is 1.40. The van der Waals surface area contributed by atoms with Crippen molar-refractivity contribution >= 4 is 37.5 Å². The van der Waals surface area contributed by atoms with Crippen LogP contribution >= 0.6 is 11.3 Å². The molecule has 1 N–H and O–H groups in total. The lowest BCUT2D eigenvalue weighted by Gasteiger charge is -2.40. The summed E-state index contributed by atoms with van der Waals surface area (Å²) in [5, 5.41) is 13.7. The summed E-state index contributed by atoms with van der Waals surface area (Å²) >= 11 is 1.06. The van der Waals surface area contributed by atoms with Crippen molar-refractivity contribution in [3.05, 3.63) is 29.0 Å². The zero-order valence-electron chi connectivity index (χ0n) is 22.2. The van der Waals surface area contributed by atoms with E-state index in [-0.39, 0.29) is 29.5 Å². The summed E-state index contributed by atoms with van der Waals surface area (Å²) in [7, 11) is -3.51. The van der Waals surface area contributed by atoms with Crippen molar-refractivity contribution in [2.24, 2.45) is 11.8 Å². The van der Waals surface area contributed by atoms with Crippen LogP contribution in [0.3, 0.4) is 0 Å². The number of likely N-dealkylation sites (tertiary alicyclic amines) is 1. The summed E-state index contributed by atoms with van der Waals surface area (Å²) in [5.41, 5.74) is 0.606. The summed E-state index contributed by atoms with van der Waals surface area (Å²) in [6.07, 6.45) is 4.08. The predicted molar refractivity (Wildman–Crippen MR) is 146 cm³/mol. The van der Waals surface area contributed by atoms with Crippen molar-refractivity contribution < 1.29 is 25.8 Å². The normalized spacial score (nSPS) is 24.6. The first-order valence-electron chi connectivity index (χ1n) is 13.5. The lowest BCUT2D eigenvalue weighted by atomic mass is 9.78. The Balaban J connectivity index is 1.11. The fourth-order valence-corrected chi connectivity index (χ4v) is 7.69. The third-order valence-electron chi connectivity index (χ3n) is 8.00. The average molecular weight is 599 g/mol. The molecule has 1 saturated carbocycles. The molecule has 14 heteroatoms. The quantitative estimate of drug-likeness (QED) is 0.426. The lowest BCUT2D eigenvalue weighted by Crippen LogP contribution is -2.44. The van der Waals surface area contributed by atoms with E-state index in [2.05, 4.69) is 26.3 Å². The molecular weight excluding hydrogens is 565 g/mol. The Kier molecular flexibility index (Phi) is 8.56. The molecule has 0 spiro atoms. The second-order valence-electron chi connectivity index (χ2n) is 11.0. The number of fused-ring (bicyclic) bond motifs is 2. The highest BCUT2D eigenvalue weighted by Crippen LogP contribution is 2.40. The second-order valence-corrected chi connectivity index (χ2v) is 13.7. The number of rotatable bonds is 9. The van der Waals surface area contributed by atoms with Crippen LogP contribution in [0.1, 0.15) is 37.0 Å². The number of nitriles is 1. The summed E-state index contributed by atoms with van der Waals surface area (Å²) in [6, 6.07) is 4.22. The topological polar surface area (TPSA) is 111 Å². The Morgan fingerprint density at radius 3 is 2.70 bits per heavy atom. The van der Waals surface area contributed by atoms with Crippen LogP contribution in [-0.4, -0.2) is 85.5 Å². The van der Waals surface area contributed by atoms with E-state index in [0.717, 1.165) is 69.3 Å². The van der Waals surface area contributed by atoms with Crippen LogP contribution in [0.5, 0.6) is 0 Å². The number of thiophene rings is 1. The van der Waals surface area contributed by atoms with Gasteiger partial charge < -0.3 is 15.1 Å². The van der Waals surface area contributed by atoms with Crippen molar-refractivity contribution in [3.63, 3.8) is 0 Å². The number of nitrogens with zero attached hydrogens (tertiary/aromatic N) is 5. The molecule has 9 nitrogen and oxygen atoms in total. The van der Waals surface area contributed by atoms with Crippen molar-refractivity contribution in [1.29, 1.82) is 5.26 Å². The monoisotopic (exact) mass is 598 g/mol. The van der Waals surface area contributed by atoms with Gasteiger partial charge in [0.1, 0.15) is 28.7 Å². The SMILES string of the molecule is CS(=O)(=O)OCCN1C(C#N)=CC2CC(CN3CCC(Nc4ncnc5sc(CC(F)(F)F)cc45)CC3)CCC21. The highest BCUT2D eigenvalue weighted by atomic mass is 32.2. The first kappa shape index (κ1) is 29.0. The third-order valence-corrected chi connectivity index (χ3v) is 9.63. The molecule has 5 rings (SSSR count). The van der Waals surface area contributed by atoms with Crippen LogP contribution < -0.4 is 5.32 Å². The van der Waals surface area contributed by atoms with Crippen molar-refractivity contribution in [2.45, 2.75) is 56.8 Å². The Morgan fingerprint density at radius 1 is 1.23 bits per heavy atom. The molecule has 1 aliphatic carbocycles. The van der Waals surface area contributed by atoms with Gasteiger partial charge >= 0.3 is 6.18 Å². The van der Waals surface area contributed by atoms with Crippen molar-refractivity contribution in [1.82, 2.24) is 19.8 Å². The van der Waals surface area contributed by atoms with Crippen LogP contribution in [0, 0.1) is 23.2 Å². The van der Waals surface area contributed by atoms with E-state index in [1.165, 1.54) is 6.33 Å². The van der Waals surface area contributed by atoms with Gasteiger partial charge in [-0.15, -0.1) is 11.3 Å². The van der Waals surface area contributed by atoms with Crippen LogP contribution in [0.4, 0.5) is 19.0 Å². The fourth-order valence-electron chi connectivity index (χ4n) is 6.29. The Hall–Kier alpha value is -2.47. The van der Waals surface area contributed by atoms with Gasteiger partial charge in [0, 0.05) is 49.1 Å². The van der Waals surface area contributed by atoms with E-state index >= 15 is 0 Å². The standard InChI is InChI=1S/C26H33F3N6O3S2/c1-40(36,37)38-9-8-35-20(14-30)11-18-10-17(2-3-23(18)35)15-34-6-4-19(5-7-34)33-24-22-12-21(13-26(27,28)29)39-25(22)32-16-31-24/h11-12,16-19,23H,2-10,13,15H2,1H3,(H,31,32,33). The first-order chi connectivity index (χ1) is 19.0. The van der Waals surface area contributed by atoms with Gasteiger partial charge in [0.2, 0.25) is 0 Å². The minimum absolute atomic E-state index is 0.0369. The van der Waals surface area contributed by atoms with E-state index in [4.69, 9.17) is 4.18 Å².